The predicted octanol–water partition coefficient (Wildman–Crippen LogP) is 16.9. The van der Waals surface area contributed by atoms with E-state index in [1.807, 2.05) is 93.6 Å². The number of para-hydroxylation sites is 2. The fourth-order valence-corrected chi connectivity index (χ4v) is 6.91. The van der Waals surface area contributed by atoms with Crippen molar-refractivity contribution in [2.45, 2.75) is 191 Å². The molecule has 5 aromatic carbocycles. The third kappa shape index (κ3) is 17.2. The van der Waals surface area contributed by atoms with Gasteiger partial charge in [0, 0.05) is 0 Å². The molecule has 0 spiro atoms. The first-order chi connectivity index (χ1) is 30.0. The highest BCUT2D eigenvalue weighted by Gasteiger charge is 2.22. The monoisotopic (exact) mass is 877 g/mol. The summed E-state index contributed by atoms with van der Waals surface area (Å²) in [5.41, 5.74) is 11.2. The molecule has 5 aromatic rings. The van der Waals surface area contributed by atoms with Crippen LogP contribution in [0.3, 0.4) is 0 Å². The van der Waals surface area contributed by atoms with Gasteiger partial charge in [0.05, 0.1) is 0 Å². The number of hydrogen-bond acceptors (Lipinski definition) is 5. The lowest BCUT2D eigenvalue weighted by Crippen LogP contribution is -2.15. The maximum atomic E-state index is 9.86. The summed E-state index contributed by atoms with van der Waals surface area (Å²) in [6.45, 7) is 36.0. The molecule has 0 fully saturated rings. The van der Waals surface area contributed by atoms with Crippen molar-refractivity contribution in [3.8, 4) is 28.7 Å². The molecule has 5 rings (SSSR count). The minimum absolute atomic E-state index is 0.0656. The van der Waals surface area contributed by atoms with E-state index in [2.05, 4.69) is 109 Å². The molecule has 0 radical (unpaired) electrons. The second kappa shape index (κ2) is 27.4. The Kier molecular flexibility index (Phi) is 24.5. The first-order valence-corrected chi connectivity index (χ1v) is 24.0. The number of benzene rings is 5. The molecule has 3 atom stereocenters. The van der Waals surface area contributed by atoms with Gasteiger partial charge in [-0.05, 0) is 168 Å². The molecule has 354 valence electrons. The van der Waals surface area contributed by atoms with Gasteiger partial charge in [0.2, 0.25) is 0 Å². The third-order valence-corrected chi connectivity index (χ3v) is 13.4. The largest absolute Gasteiger partial charge is 0.508 e. The van der Waals surface area contributed by atoms with Gasteiger partial charge in [-0.3, -0.25) is 0 Å². The van der Waals surface area contributed by atoms with Crippen LogP contribution in [0.2, 0.25) is 0 Å². The highest BCUT2D eigenvalue weighted by molar-refractivity contribution is 5.44. The molecule has 5 nitrogen and oxygen atoms in total. The highest BCUT2D eigenvalue weighted by Crippen LogP contribution is 2.36. The van der Waals surface area contributed by atoms with Crippen LogP contribution in [-0.4, -0.2) is 25.5 Å². The third-order valence-electron chi connectivity index (χ3n) is 13.4. The molecule has 0 aliphatic carbocycles. The lowest BCUT2D eigenvalue weighted by atomic mass is 9.81. The number of phenols is 5. The second-order valence-electron chi connectivity index (χ2n) is 18.9. The number of phenolic OH excluding ortho intramolecular Hbond substituents is 5. The fourth-order valence-electron chi connectivity index (χ4n) is 6.91. The van der Waals surface area contributed by atoms with Gasteiger partial charge in [0.25, 0.3) is 0 Å². The summed E-state index contributed by atoms with van der Waals surface area (Å²) in [5, 5.41) is 48.2. The molecule has 0 aromatic heterocycles. The average Bonchev–Trinajstić information content (AvgIpc) is 3.28. The lowest BCUT2D eigenvalue weighted by Gasteiger charge is -2.24. The zero-order valence-electron chi connectivity index (χ0n) is 43.1. The molecule has 0 bridgehead atoms. The minimum Gasteiger partial charge on any atom is -0.508 e. The Hall–Kier alpha value is -4.90. The number of rotatable bonds is 12. The zero-order chi connectivity index (χ0) is 48.9. The highest BCUT2D eigenvalue weighted by atomic mass is 16.3. The average molecular weight is 877 g/mol. The molecule has 0 aliphatic heterocycles. The van der Waals surface area contributed by atoms with Crippen molar-refractivity contribution in [2.75, 3.05) is 0 Å². The van der Waals surface area contributed by atoms with E-state index in [0.29, 0.717) is 46.5 Å². The SMILES string of the molecule is CCC(C)(C)c1cccc(C)c1O.CCC(C)c1ccc(C)cc1O.CCC(C)c1cccc(C)c1O.CCc1cc(C(C)(C)CC)ccc1O.CCc1cc(C(C)CC)ccc1O. The van der Waals surface area contributed by atoms with E-state index in [1.54, 1.807) is 6.07 Å². The van der Waals surface area contributed by atoms with Crippen LogP contribution in [0.15, 0.2) is 91.0 Å². The number of aryl methyl sites for hydroxylation is 5. The van der Waals surface area contributed by atoms with Gasteiger partial charge in [-0.15, -0.1) is 0 Å². The summed E-state index contributed by atoms with van der Waals surface area (Å²) in [6.07, 6.45) is 7.21. The van der Waals surface area contributed by atoms with E-state index in [9.17, 15) is 25.5 Å². The van der Waals surface area contributed by atoms with Gasteiger partial charge in [0.15, 0.2) is 0 Å². The van der Waals surface area contributed by atoms with Crippen LogP contribution in [-0.2, 0) is 23.7 Å². The van der Waals surface area contributed by atoms with Gasteiger partial charge in [-0.25, -0.2) is 0 Å². The number of aromatic hydroxyl groups is 5. The topological polar surface area (TPSA) is 101 Å². The zero-order valence-corrected chi connectivity index (χ0v) is 43.1. The molecule has 0 saturated carbocycles. The number of hydrogen-bond donors (Lipinski definition) is 5. The normalized spacial score (nSPS) is 12.4. The molecule has 5 heteroatoms. The summed E-state index contributed by atoms with van der Waals surface area (Å²) in [4.78, 5) is 0. The maximum absolute atomic E-state index is 9.86. The van der Waals surface area contributed by atoms with Gasteiger partial charge in [-0.2, -0.15) is 0 Å². The summed E-state index contributed by atoms with van der Waals surface area (Å²) < 4.78 is 0. The summed E-state index contributed by atoms with van der Waals surface area (Å²) in [5.74, 6) is 3.68. The Morgan fingerprint density at radius 3 is 1.44 bits per heavy atom. The standard InChI is InChI=1S/C13H20O.2C12H18O.2C11H16O/c1-5-10-9-11(7-8-12(10)14)13(3,4)6-2;1-5-12(3,4)10-8-6-7-9(2)11(10)13;1-4-9(3)11-6-7-12(13)10(5-2)8-11;1-4-9(3)10-6-5-8(2)7-11(10)12;1-4-8(2)10-7-5-6-9(3)11(10)12/h7-9,14H,5-6H2,1-4H3;6-8,13H,5H2,1-4H3;6-9,13H,4-5H2,1-3H3;5-7,9,12H,4H2,1-3H3;5-8,12H,4H2,1-3H3. The molecule has 3 unspecified atom stereocenters. The first-order valence-electron chi connectivity index (χ1n) is 24.0. The first kappa shape index (κ1) is 57.1. The molecule has 0 heterocycles. The Labute approximate surface area is 390 Å². The molecule has 0 aliphatic rings. The van der Waals surface area contributed by atoms with Crippen molar-refractivity contribution in [3.05, 3.63) is 147 Å². The van der Waals surface area contributed by atoms with Gasteiger partial charge >= 0.3 is 0 Å². The van der Waals surface area contributed by atoms with Crippen molar-refractivity contribution in [2.24, 2.45) is 0 Å². The Morgan fingerprint density at radius 1 is 0.453 bits per heavy atom. The molecular weight excluding hydrogens is 789 g/mol. The molecule has 64 heavy (non-hydrogen) atoms. The van der Waals surface area contributed by atoms with Crippen molar-refractivity contribution in [3.63, 3.8) is 0 Å². The van der Waals surface area contributed by atoms with E-state index < -0.39 is 0 Å². The Morgan fingerprint density at radius 2 is 0.938 bits per heavy atom. The lowest BCUT2D eigenvalue weighted by molar-refractivity contribution is 0.425. The molecule has 0 saturated heterocycles. The van der Waals surface area contributed by atoms with Gasteiger partial charge in [0.1, 0.15) is 28.7 Å². The predicted molar refractivity (Wildman–Crippen MR) is 276 cm³/mol. The van der Waals surface area contributed by atoms with E-state index >= 15 is 0 Å². The summed E-state index contributed by atoms with van der Waals surface area (Å²) >= 11 is 0. The van der Waals surface area contributed by atoms with E-state index in [0.717, 1.165) is 89.5 Å². The van der Waals surface area contributed by atoms with Crippen LogP contribution >= 0.6 is 0 Å². The van der Waals surface area contributed by atoms with Crippen LogP contribution in [0.25, 0.3) is 0 Å². The molecule has 5 N–H and O–H groups in total. The van der Waals surface area contributed by atoms with Crippen molar-refractivity contribution in [1.82, 2.24) is 0 Å². The summed E-state index contributed by atoms with van der Waals surface area (Å²) in [7, 11) is 0. The van der Waals surface area contributed by atoms with E-state index in [-0.39, 0.29) is 10.8 Å². The Bertz CT molecular complexity index is 2130. The van der Waals surface area contributed by atoms with Crippen LogP contribution < -0.4 is 0 Å². The molecule has 0 amide bonds. The molecular formula is C59H88O5. The second-order valence-corrected chi connectivity index (χ2v) is 18.9. The van der Waals surface area contributed by atoms with Crippen LogP contribution in [0.1, 0.15) is 202 Å². The van der Waals surface area contributed by atoms with Crippen molar-refractivity contribution < 1.29 is 25.5 Å². The van der Waals surface area contributed by atoms with E-state index in [1.165, 1.54) is 11.1 Å². The van der Waals surface area contributed by atoms with Crippen LogP contribution in [0.4, 0.5) is 0 Å². The summed E-state index contributed by atoms with van der Waals surface area (Å²) in [6, 6.07) is 29.6. The van der Waals surface area contributed by atoms with Crippen molar-refractivity contribution >= 4 is 0 Å². The minimum atomic E-state index is 0.0656. The smallest absolute Gasteiger partial charge is 0.122 e. The van der Waals surface area contributed by atoms with Gasteiger partial charge in [-0.1, -0.05) is 170 Å². The van der Waals surface area contributed by atoms with Crippen LogP contribution in [0.5, 0.6) is 28.7 Å². The quantitative estimate of drug-likeness (QED) is 0.0859. The maximum Gasteiger partial charge on any atom is 0.122 e. The fraction of sp³-hybridized carbons (Fsp3) is 0.492. The van der Waals surface area contributed by atoms with Gasteiger partial charge < -0.3 is 25.5 Å². The van der Waals surface area contributed by atoms with Crippen molar-refractivity contribution in [1.29, 1.82) is 0 Å². The Balaban J connectivity index is 0.000000400. The van der Waals surface area contributed by atoms with Crippen LogP contribution in [0, 0.1) is 20.8 Å². The van der Waals surface area contributed by atoms with E-state index in [4.69, 9.17) is 0 Å².